The molecule has 1 aromatic carbocycles. The lowest BCUT2D eigenvalue weighted by molar-refractivity contribution is -0.895. The number of Topliss-reactive ketones (excluding diaryl/α,β-unsaturated/α-hetero) is 1. The quantitative estimate of drug-likeness (QED) is 0.737. The monoisotopic (exact) mass is 395 g/mol. The number of aliphatic hydroxyl groups is 1. The van der Waals surface area contributed by atoms with Crippen LogP contribution in [0, 0.1) is 0 Å². The Balaban J connectivity index is 2.36. The predicted molar refractivity (Wildman–Crippen MR) is 95.8 cm³/mol. The summed E-state index contributed by atoms with van der Waals surface area (Å²) in [6, 6.07) is 6.99. The summed E-state index contributed by atoms with van der Waals surface area (Å²) >= 11 is 3.39. The number of hydrogen-bond donors (Lipinski definition) is 2. The summed E-state index contributed by atoms with van der Waals surface area (Å²) in [7, 11) is 0. The number of carbonyl (C=O) groups is 2. The first kappa shape index (κ1) is 18.7. The second kappa shape index (κ2) is 7.94. The highest BCUT2D eigenvalue weighted by molar-refractivity contribution is 9.10. The molecule has 0 aromatic heterocycles. The maximum atomic E-state index is 12.5. The molecule has 130 valence electrons. The van der Waals surface area contributed by atoms with Crippen LogP contribution in [-0.4, -0.2) is 47.9 Å². The molecule has 0 bridgehead atoms. The van der Waals surface area contributed by atoms with E-state index in [-0.39, 0.29) is 11.4 Å². The topological polar surface area (TPSA) is 62.1 Å². The van der Waals surface area contributed by atoms with Gasteiger partial charge in [-0.2, -0.15) is 0 Å². The molecule has 1 aliphatic heterocycles. The average molecular weight is 396 g/mol. The van der Waals surface area contributed by atoms with Crippen molar-refractivity contribution in [3.05, 3.63) is 45.6 Å². The predicted octanol–water partition coefficient (Wildman–Crippen LogP) is 1.66. The normalized spacial score (nSPS) is 18.0. The van der Waals surface area contributed by atoms with Crippen LogP contribution in [0.4, 0.5) is 0 Å². The number of likely N-dealkylation sites (N-methyl/N-ethyl adjacent to an activating group) is 1. The highest BCUT2D eigenvalue weighted by Crippen LogP contribution is 2.37. The van der Waals surface area contributed by atoms with Crippen molar-refractivity contribution in [2.24, 2.45) is 0 Å². The van der Waals surface area contributed by atoms with Crippen LogP contribution < -0.4 is 4.90 Å². The van der Waals surface area contributed by atoms with Crippen molar-refractivity contribution in [3.8, 4) is 0 Å². The fourth-order valence-electron chi connectivity index (χ4n) is 3.12. The second-order valence-corrected chi connectivity index (χ2v) is 6.89. The zero-order valence-electron chi connectivity index (χ0n) is 14.3. The molecule has 0 saturated heterocycles. The number of carbonyl (C=O) groups excluding carboxylic acids is 2. The van der Waals surface area contributed by atoms with Crippen LogP contribution >= 0.6 is 15.9 Å². The SMILES string of the molecule is CC[NH+](CC)CCN1C(=O)C(O)=C(C(C)=O)[C@@H]1c1ccc(Br)cc1. The number of nitrogens with one attached hydrogen (secondary N) is 1. The molecule has 0 unspecified atom stereocenters. The van der Waals surface area contributed by atoms with E-state index >= 15 is 0 Å². The maximum absolute atomic E-state index is 12.5. The van der Waals surface area contributed by atoms with Crippen LogP contribution in [0.5, 0.6) is 0 Å². The highest BCUT2D eigenvalue weighted by atomic mass is 79.9. The molecule has 24 heavy (non-hydrogen) atoms. The first-order valence-corrected chi connectivity index (χ1v) is 9.04. The number of halogens is 1. The largest absolute Gasteiger partial charge is 0.503 e. The molecule has 0 fully saturated rings. The van der Waals surface area contributed by atoms with Gasteiger partial charge in [0.15, 0.2) is 11.5 Å². The van der Waals surface area contributed by atoms with Gasteiger partial charge in [-0.15, -0.1) is 0 Å². The average Bonchev–Trinajstić information content (AvgIpc) is 2.81. The van der Waals surface area contributed by atoms with Crippen LogP contribution in [0.25, 0.3) is 0 Å². The number of quaternary nitrogens is 1. The molecular formula is C18H24BrN2O3+. The van der Waals surface area contributed by atoms with E-state index in [4.69, 9.17) is 0 Å². The molecule has 1 atom stereocenters. The molecule has 5 nitrogen and oxygen atoms in total. The van der Waals surface area contributed by atoms with Crippen molar-refractivity contribution in [3.63, 3.8) is 0 Å². The Kier molecular flexibility index (Phi) is 6.18. The van der Waals surface area contributed by atoms with Gasteiger partial charge in [-0.25, -0.2) is 0 Å². The fourth-order valence-corrected chi connectivity index (χ4v) is 3.38. The third kappa shape index (κ3) is 3.70. The van der Waals surface area contributed by atoms with Crippen molar-refractivity contribution in [1.82, 2.24) is 4.90 Å². The minimum Gasteiger partial charge on any atom is -0.503 e. The third-order valence-corrected chi connectivity index (χ3v) is 5.10. The molecule has 2 rings (SSSR count). The summed E-state index contributed by atoms with van der Waals surface area (Å²) in [5, 5.41) is 10.2. The molecule has 1 heterocycles. The van der Waals surface area contributed by atoms with E-state index < -0.39 is 17.7 Å². The number of amides is 1. The van der Waals surface area contributed by atoms with Crippen LogP contribution in [-0.2, 0) is 9.59 Å². The number of nitrogens with zero attached hydrogens (tertiary/aromatic N) is 1. The molecule has 0 radical (unpaired) electrons. The summed E-state index contributed by atoms with van der Waals surface area (Å²) in [5.41, 5.74) is 1.02. The van der Waals surface area contributed by atoms with Crippen LogP contribution in [0.15, 0.2) is 40.1 Å². The molecule has 2 N–H and O–H groups in total. The van der Waals surface area contributed by atoms with Crippen molar-refractivity contribution >= 4 is 27.6 Å². The summed E-state index contributed by atoms with van der Waals surface area (Å²) in [5.74, 6) is -1.14. The Morgan fingerprint density at radius 1 is 1.25 bits per heavy atom. The van der Waals surface area contributed by atoms with Crippen molar-refractivity contribution in [2.45, 2.75) is 26.8 Å². The van der Waals surface area contributed by atoms with Gasteiger partial charge in [0, 0.05) is 4.47 Å². The summed E-state index contributed by atoms with van der Waals surface area (Å²) < 4.78 is 0.923. The molecule has 0 spiro atoms. The summed E-state index contributed by atoms with van der Waals surface area (Å²) in [6.07, 6.45) is 0. The number of hydrogen-bond acceptors (Lipinski definition) is 3. The Morgan fingerprint density at radius 2 is 1.83 bits per heavy atom. The van der Waals surface area contributed by atoms with Crippen molar-refractivity contribution in [1.29, 1.82) is 0 Å². The lowest BCUT2D eigenvalue weighted by Gasteiger charge is -2.28. The zero-order valence-corrected chi connectivity index (χ0v) is 15.9. The number of rotatable bonds is 7. The van der Waals surface area contributed by atoms with E-state index in [1.54, 1.807) is 4.90 Å². The van der Waals surface area contributed by atoms with Gasteiger partial charge in [0.05, 0.1) is 37.8 Å². The molecule has 0 aliphatic carbocycles. The van der Waals surface area contributed by atoms with Gasteiger partial charge >= 0.3 is 0 Å². The van der Waals surface area contributed by atoms with Crippen molar-refractivity contribution in [2.75, 3.05) is 26.2 Å². The lowest BCUT2D eigenvalue weighted by Crippen LogP contribution is -3.12. The molecule has 0 saturated carbocycles. The smallest absolute Gasteiger partial charge is 0.290 e. The number of ketones is 1. The molecule has 1 aromatic rings. The van der Waals surface area contributed by atoms with Gasteiger partial charge in [0.25, 0.3) is 5.91 Å². The second-order valence-electron chi connectivity index (χ2n) is 5.98. The standard InChI is InChI=1S/C18H23BrN2O3/c1-4-20(5-2)10-11-21-16(13-6-8-14(19)9-7-13)15(12(3)22)17(23)18(21)24/h6-9,16,23H,4-5,10-11H2,1-3H3/p+1/t16-/m0/s1. The van der Waals surface area contributed by atoms with Crippen LogP contribution in [0.2, 0.25) is 0 Å². The van der Waals surface area contributed by atoms with E-state index in [1.165, 1.54) is 11.8 Å². The van der Waals surface area contributed by atoms with Gasteiger partial charge in [0.1, 0.15) is 0 Å². The first-order valence-electron chi connectivity index (χ1n) is 8.24. The van der Waals surface area contributed by atoms with Gasteiger partial charge in [-0.3, -0.25) is 9.59 Å². The highest BCUT2D eigenvalue weighted by Gasteiger charge is 2.42. The zero-order chi connectivity index (χ0) is 17.9. The Morgan fingerprint density at radius 3 is 2.33 bits per heavy atom. The van der Waals surface area contributed by atoms with E-state index in [2.05, 4.69) is 29.8 Å². The molecular weight excluding hydrogens is 372 g/mol. The maximum Gasteiger partial charge on any atom is 0.290 e. The van der Waals surface area contributed by atoms with Crippen molar-refractivity contribution < 1.29 is 19.6 Å². The van der Waals surface area contributed by atoms with E-state index in [0.29, 0.717) is 6.54 Å². The minimum absolute atomic E-state index is 0.192. The molecule has 1 amide bonds. The van der Waals surface area contributed by atoms with Gasteiger partial charge in [-0.1, -0.05) is 28.1 Å². The minimum atomic E-state index is -0.516. The van der Waals surface area contributed by atoms with E-state index in [1.807, 2.05) is 24.3 Å². The van der Waals surface area contributed by atoms with Crippen LogP contribution in [0.3, 0.4) is 0 Å². The number of aliphatic hydroxyl groups excluding tert-OH is 1. The Hall–Kier alpha value is -1.66. The Labute approximate surface area is 151 Å². The van der Waals surface area contributed by atoms with Gasteiger partial charge in [-0.05, 0) is 38.5 Å². The van der Waals surface area contributed by atoms with E-state index in [9.17, 15) is 14.7 Å². The fraction of sp³-hybridized carbons (Fsp3) is 0.444. The van der Waals surface area contributed by atoms with E-state index in [0.717, 1.165) is 29.7 Å². The van der Waals surface area contributed by atoms with Crippen LogP contribution in [0.1, 0.15) is 32.4 Å². The van der Waals surface area contributed by atoms with Gasteiger partial charge < -0.3 is 14.9 Å². The summed E-state index contributed by atoms with van der Waals surface area (Å²) in [4.78, 5) is 27.5. The first-order chi connectivity index (χ1) is 11.4. The molecule has 1 aliphatic rings. The number of benzene rings is 1. The molecule has 6 heteroatoms. The lowest BCUT2D eigenvalue weighted by atomic mass is 9.97. The summed E-state index contributed by atoms with van der Waals surface area (Å²) in [6.45, 7) is 8.83. The third-order valence-electron chi connectivity index (χ3n) is 4.57. The van der Waals surface area contributed by atoms with Gasteiger partial charge in [0.2, 0.25) is 0 Å². The Bertz CT molecular complexity index is 651.